The van der Waals surface area contributed by atoms with Crippen LogP contribution in [0.3, 0.4) is 0 Å². The molecular formula is C13H24O11. The number of hydrogen-bond acceptors (Lipinski definition) is 11. The Hall–Kier alpha value is -0.440. The van der Waals surface area contributed by atoms with Crippen molar-refractivity contribution in [2.24, 2.45) is 0 Å². The van der Waals surface area contributed by atoms with Gasteiger partial charge in [-0.25, -0.2) is 0 Å². The minimum atomic E-state index is -1.71. The molecule has 2 aliphatic heterocycles. The Labute approximate surface area is 137 Å². The van der Waals surface area contributed by atoms with E-state index in [1.54, 1.807) is 0 Å². The standard InChI is InChI=1S/C13H24O11/c1-21-11-7(17)6(16)4(2-14)23-13(11)24-10-5(3-15)22-12(20)9(19)8(10)18/h4-20H,2-3H2,1H3/t4-,5-,6+,7+,8-,9-,10-,11-,12+,13+/m1/s1. The molecule has 0 aromatic heterocycles. The highest BCUT2D eigenvalue weighted by Crippen LogP contribution is 2.29. The SMILES string of the molecule is CO[C@H]1[C@H](O[C@H]2[C@H](O)[C@@H](O)[C@@H](O)O[C@@H]2CO)O[C@H](CO)[C@H](O)[C@@H]1O. The lowest BCUT2D eigenvalue weighted by molar-refractivity contribution is -0.357. The Bertz CT molecular complexity index is 394. The normalized spacial score (nSPS) is 50.0. The van der Waals surface area contributed by atoms with Crippen molar-refractivity contribution < 1.29 is 54.7 Å². The summed E-state index contributed by atoms with van der Waals surface area (Å²) in [6, 6.07) is 0. The van der Waals surface area contributed by atoms with E-state index in [9.17, 15) is 35.7 Å². The smallest absolute Gasteiger partial charge is 0.187 e. The minimum absolute atomic E-state index is 0.608. The third-order valence-corrected chi connectivity index (χ3v) is 4.23. The van der Waals surface area contributed by atoms with E-state index < -0.39 is 74.6 Å². The largest absolute Gasteiger partial charge is 0.394 e. The zero-order chi connectivity index (χ0) is 18.0. The van der Waals surface area contributed by atoms with E-state index in [1.165, 1.54) is 7.11 Å². The summed E-state index contributed by atoms with van der Waals surface area (Å²) in [4.78, 5) is 0. The van der Waals surface area contributed by atoms with E-state index in [1.807, 2.05) is 0 Å². The second-order valence-electron chi connectivity index (χ2n) is 5.74. The number of aliphatic hydroxyl groups is 7. The van der Waals surface area contributed by atoms with Crippen molar-refractivity contribution in [2.45, 2.75) is 61.4 Å². The maximum atomic E-state index is 10.1. The Morgan fingerprint density at radius 2 is 1.33 bits per heavy atom. The zero-order valence-electron chi connectivity index (χ0n) is 13.0. The van der Waals surface area contributed by atoms with Crippen LogP contribution in [0.1, 0.15) is 0 Å². The predicted molar refractivity (Wildman–Crippen MR) is 73.4 cm³/mol. The second-order valence-corrected chi connectivity index (χ2v) is 5.74. The Morgan fingerprint density at radius 1 is 0.750 bits per heavy atom. The molecule has 7 N–H and O–H groups in total. The van der Waals surface area contributed by atoms with Gasteiger partial charge in [-0.3, -0.25) is 0 Å². The van der Waals surface area contributed by atoms with E-state index in [0.29, 0.717) is 0 Å². The van der Waals surface area contributed by atoms with Gasteiger partial charge in [0.1, 0.15) is 48.8 Å². The summed E-state index contributed by atoms with van der Waals surface area (Å²) >= 11 is 0. The summed E-state index contributed by atoms with van der Waals surface area (Å²) in [5.74, 6) is 0. The molecule has 0 radical (unpaired) electrons. The summed E-state index contributed by atoms with van der Waals surface area (Å²) < 4.78 is 20.8. The molecule has 2 rings (SSSR count). The zero-order valence-corrected chi connectivity index (χ0v) is 13.0. The molecule has 10 atom stereocenters. The molecule has 24 heavy (non-hydrogen) atoms. The van der Waals surface area contributed by atoms with Crippen LogP contribution in [0.5, 0.6) is 0 Å². The van der Waals surface area contributed by atoms with Gasteiger partial charge >= 0.3 is 0 Å². The molecule has 0 aromatic rings. The molecule has 0 bridgehead atoms. The van der Waals surface area contributed by atoms with Crippen LogP contribution < -0.4 is 0 Å². The topological polar surface area (TPSA) is 179 Å². The molecule has 11 nitrogen and oxygen atoms in total. The van der Waals surface area contributed by atoms with Crippen LogP contribution in [-0.4, -0.2) is 117 Å². The van der Waals surface area contributed by atoms with Gasteiger partial charge in [0.05, 0.1) is 13.2 Å². The third-order valence-electron chi connectivity index (χ3n) is 4.23. The van der Waals surface area contributed by atoms with Gasteiger partial charge < -0.3 is 54.7 Å². The Kier molecular flexibility index (Phi) is 6.87. The van der Waals surface area contributed by atoms with Crippen molar-refractivity contribution in [1.29, 1.82) is 0 Å². The van der Waals surface area contributed by atoms with Crippen molar-refractivity contribution in [3.63, 3.8) is 0 Å². The molecule has 11 heteroatoms. The quantitative estimate of drug-likeness (QED) is 0.251. The molecule has 2 saturated heterocycles. The first kappa shape index (κ1) is 19.9. The van der Waals surface area contributed by atoms with Gasteiger partial charge in [-0.15, -0.1) is 0 Å². The number of aliphatic hydroxyl groups excluding tert-OH is 7. The van der Waals surface area contributed by atoms with Gasteiger partial charge in [-0.05, 0) is 0 Å². The fourth-order valence-corrected chi connectivity index (χ4v) is 2.81. The molecule has 0 amide bonds. The van der Waals surface area contributed by atoms with E-state index in [4.69, 9.17) is 18.9 Å². The molecule has 0 aromatic carbocycles. The van der Waals surface area contributed by atoms with Crippen molar-refractivity contribution in [3.8, 4) is 0 Å². The van der Waals surface area contributed by atoms with Crippen LogP contribution in [0.15, 0.2) is 0 Å². The monoisotopic (exact) mass is 356 g/mol. The summed E-state index contributed by atoms with van der Waals surface area (Å²) in [5.41, 5.74) is 0. The van der Waals surface area contributed by atoms with Crippen LogP contribution in [0.4, 0.5) is 0 Å². The lowest BCUT2D eigenvalue weighted by Gasteiger charge is -2.46. The van der Waals surface area contributed by atoms with Crippen LogP contribution in [-0.2, 0) is 18.9 Å². The van der Waals surface area contributed by atoms with Gasteiger partial charge in [0, 0.05) is 7.11 Å². The highest BCUT2D eigenvalue weighted by atomic mass is 16.7. The average molecular weight is 356 g/mol. The van der Waals surface area contributed by atoms with E-state index in [-0.39, 0.29) is 0 Å². The first-order chi connectivity index (χ1) is 11.3. The first-order valence-corrected chi connectivity index (χ1v) is 7.46. The van der Waals surface area contributed by atoms with E-state index in [0.717, 1.165) is 0 Å². The first-order valence-electron chi connectivity index (χ1n) is 7.46. The molecule has 2 heterocycles. The van der Waals surface area contributed by atoms with E-state index in [2.05, 4.69) is 0 Å². The fourth-order valence-electron chi connectivity index (χ4n) is 2.81. The Morgan fingerprint density at radius 3 is 1.88 bits per heavy atom. The van der Waals surface area contributed by atoms with Crippen molar-refractivity contribution >= 4 is 0 Å². The van der Waals surface area contributed by atoms with Gasteiger partial charge in [0.25, 0.3) is 0 Å². The van der Waals surface area contributed by atoms with Gasteiger partial charge in [-0.1, -0.05) is 0 Å². The average Bonchev–Trinajstić information content (AvgIpc) is 2.58. The fraction of sp³-hybridized carbons (Fsp3) is 1.00. The minimum Gasteiger partial charge on any atom is -0.394 e. The third kappa shape index (κ3) is 3.71. The number of methoxy groups -OCH3 is 1. The molecular weight excluding hydrogens is 332 g/mol. The van der Waals surface area contributed by atoms with Crippen LogP contribution in [0.25, 0.3) is 0 Å². The molecule has 2 aliphatic rings. The summed E-state index contributed by atoms with van der Waals surface area (Å²) in [6.45, 7) is -1.24. The molecule has 0 aliphatic carbocycles. The highest BCUT2D eigenvalue weighted by molar-refractivity contribution is 4.94. The van der Waals surface area contributed by atoms with Gasteiger partial charge in [0.2, 0.25) is 0 Å². The van der Waals surface area contributed by atoms with Crippen LogP contribution in [0, 0.1) is 0 Å². The summed E-state index contributed by atoms with van der Waals surface area (Å²) in [7, 11) is 1.23. The number of ether oxygens (including phenoxy) is 4. The van der Waals surface area contributed by atoms with Crippen LogP contribution in [0.2, 0.25) is 0 Å². The molecule has 0 unspecified atom stereocenters. The van der Waals surface area contributed by atoms with Crippen molar-refractivity contribution in [1.82, 2.24) is 0 Å². The maximum Gasteiger partial charge on any atom is 0.187 e. The van der Waals surface area contributed by atoms with E-state index >= 15 is 0 Å². The summed E-state index contributed by atoms with van der Waals surface area (Å²) in [6.07, 6.45) is -14.1. The van der Waals surface area contributed by atoms with Crippen LogP contribution >= 0.6 is 0 Å². The second kappa shape index (κ2) is 8.29. The predicted octanol–water partition coefficient (Wildman–Crippen LogP) is -4.74. The summed E-state index contributed by atoms with van der Waals surface area (Å²) in [5, 5.41) is 67.6. The van der Waals surface area contributed by atoms with Crippen molar-refractivity contribution in [3.05, 3.63) is 0 Å². The molecule has 0 saturated carbocycles. The number of hydrogen-bond donors (Lipinski definition) is 7. The Balaban J connectivity index is 2.16. The van der Waals surface area contributed by atoms with Gasteiger partial charge in [0.15, 0.2) is 12.6 Å². The lowest BCUT2D eigenvalue weighted by atomic mass is 9.97. The highest BCUT2D eigenvalue weighted by Gasteiger charge is 2.50. The molecule has 0 spiro atoms. The lowest BCUT2D eigenvalue weighted by Crippen LogP contribution is -2.64. The molecule has 142 valence electrons. The van der Waals surface area contributed by atoms with Gasteiger partial charge in [-0.2, -0.15) is 0 Å². The molecule has 2 fully saturated rings. The maximum absolute atomic E-state index is 10.1. The van der Waals surface area contributed by atoms with Crippen molar-refractivity contribution in [2.75, 3.05) is 20.3 Å². The number of rotatable bonds is 5.